The van der Waals surface area contributed by atoms with E-state index in [1.54, 1.807) is 0 Å². The van der Waals surface area contributed by atoms with E-state index in [4.69, 9.17) is 14.6 Å². The van der Waals surface area contributed by atoms with E-state index in [0.717, 1.165) is 0 Å². The standard InChI is InChI=1S/C11H13NO4/c13-6-11(14)12-5-8-7-15-9-3-1-2-4-10(9)16-8/h1-4,8,13H,5-7H2,(H,12,14). The summed E-state index contributed by atoms with van der Waals surface area (Å²) < 4.78 is 11.1. The number of benzene rings is 1. The molecule has 1 heterocycles. The molecule has 1 amide bonds. The SMILES string of the molecule is O=C(CO)NCC1COc2ccccc2O1. The molecule has 2 N–H and O–H groups in total. The molecule has 0 saturated heterocycles. The Morgan fingerprint density at radius 2 is 2.19 bits per heavy atom. The number of amides is 1. The number of carbonyl (C=O) groups is 1. The first-order valence-corrected chi connectivity index (χ1v) is 5.05. The Morgan fingerprint density at radius 3 is 2.94 bits per heavy atom. The van der Waals surface area contributed by atoms with E-state index < -0.39 is 12.5 Å². The minimum Gasteiger partial charge on any atom is -0.486 e. The number of para-hydroxylation sites is 2. The molecule has 0 aliphatic carbocycles. The quantitative estimate of drug-likeness (QED) is 0.753. The first kappa shape index (κ1) is 10.8. The fraction of sp³-hybridized carbons (Fsp3) is 0.364. The number of carbonyl (C=O) groups excluding carboxylic acids is 1. The van der Waals surface area contributed by atoms with E-state index in [1.165, 1.54) is 0 Å². The van der Waals surface area contributed by atoms with E-state index in [9.17, 15) is 4.79 Å². The molecule has 1 aromatic rings. The summed E-state index contributed by atoms with van der Waals surface area (Å²) in [5, 5.41) is 11.1. The summed E-state index contributed by atoms with van der Waals surface area (Å²) in [6.45, 7) is 0.209. The lowest BCUT2D eigenvalue weighted by atomic mass is 10.2. The summed E-state index contributed by atoms with van der Waals surface area (Å²) in [6.07, 6.45) is -0.217. The van der Waals surface area contributed by atoms with Gasteiger partial charge in [-0.3, -0.25) is 4.79 Å². The van der Waals surface area contributed by atoms with Crippen molar-refractivity contribution >= 4 is 5.91 Å². The Bertz CT molecular complexity index is 380. The van der Waals surface area contributed by atoms with Crippen LogP contribution in [0.4, 0.5) is 0 Å². The Balaban J connectivity index is 1.90. The number of aliphatic hydroxyl groups excluding tert-OH is 1. The van der Waals surface area contributed by atoms with Gasteiger partial charge in [-0.15, -0.1) is 0 Å². The van der Waals surface area contributed by atoms with Gasteiger partial charge in [0.05, 0.1) is 6.54 Å². The van der Waals surface area contributed by atoms with E-state index in [1.807, 2.05) is 24.3 Å². The van der Waals surface area contributed by atoms with Gasteiger partial charge in [-0.25, -0.2) is 0 Å². The molecular weight excluding hydrogens is 210 g/mol. The maximum absolute atomic E-state index is 10.8. The van der Waals surface area contributed by atoms with Crippen molar-refractivity contribution in [1.82, 2.24) is 5.32 Å². The molecule has 0 bridgehead atoms. The van der Waals surface area contributed by atoms with E-state index in [0.29, 0.717) is 24.7 Å². The number of rotatable bonds is 3. The van der Waals surface area contributed by atoms with Crippen LogP contribution in [0.2, 0.25) is 0 Å². The molecule has 0 spiro atoms. The molecule has 86 valence electrons. The van der Waals surface area contributed by atoms with Crippen LogP contribution in [0.1, 0.15) is 0 Å². The summed E-state index contributed by atoms with van der Waals surface area (Å²) in [5.41, 5.74) is 0. The fourth-order valence-electron chi connectivity index (χ4n) is 1.45. The van der Waals surface area contributed by atoms with Crippen molar-refractivity contribution in [2.24, 2.45) is 0 Å². The van der Waals surface area contributed by atoms with E-state index in [-0.39, 0.29) is 6.10 Å². The summed E-state index contributed by atoms with van der Waals surface area (Å²) >= 11 is 0. The zero-order valence-corrected chi connectivity index (χ0v) is 8.68. The number of ether oxygens (including phenoxy) is 2. The summed E-state index contributed by atoms with van der Waals surface area (Å²) in [4.78, 5) is 10.8. The van der Waals surface area contributed by atoms with Gasteiger partial charge in [-0.2, -0.15) is 0 Å². The zero-order chi connectivity index (χ0) is 11.4. The molecule has 16 heavy (non-hydrogen) atoms. The van der Waals surface area contributed by atoms with Crippen LogP contribution in [0.5, 0.6) is 11.5 Å². The summed E-state index contributed by atoms with van der Waals surface area (Å²) in [6, 6.07) is 7.38. The van der Waals surface area contributed by atoms with Crippen molar-refractivity contribution in [3.05, 3.63) is 24.3 Å². The van der Waals surface area contributed by atoms with Gasteiger partial charge in [0.2, 0.25) is 5.91 Å². The van der Waals surface area contributed by atoms with Crippen molar-refractivity contribution in [3.63, 3.8) is 0 Å². The molecule has 0 fully saturated rings. The molecule has 0 aromatic heterocycles. The number of fused-ring (bicyclic) bond motifs is 1. The third-order valence-electron chi connectivity index (χ3n) is 2.24. The smallest absolute Gasteiger partial charge is 0.245 e. The van der Waals surface area contributed by atoms with Gasteiger partial charge >= 0.3 is 0 Å². The molecule has 0 radical (unpaired) electrons. The Labute approximate surface area is 93.0 Å². The first-order valence-electron chi connectivity index (χ1n) is 5.05. The van der Waals surface area contributed by atoms with Gasteiger partial charge < -0.3 is 19.9 Å². The molecule has 5 heteroatoms. The Kier molecular flexibility index (Phi) is 3.26. The molecule has 1 atom stereocenters. The largest absolute Gasteiger partial charge is 0.486 e. The first-order chi connectivity index (χ1) is 7.79. The summed E-state index contributed by atoms with van der Waals surface area (Å²) in [7, 11) is 0. The second kappa shape index (κ2) is 4.85. The van der Waals surface area contributed by atoms with Crippen molar-refractivity contribution in [2.75, 3.05) is 19.8 Å². The molecule has 1 aromatic carbocycles. The van der Waals surface area contributed by atoms with Gasteiger partial charge in [-0.05, 0) is 12.1 Å². The predicted molar refractivity (Wildman–Crippen MR) is 56.4 cm³/mol. The van der Waals surface area contributed by atoms with Gasteiger partial charge in [-0.1, -0.05) is 12.1 Å². The normalized spacial score (nSPS) is 17.9. The minimum atomic E-state index is -0.510. The third-order valence-corrected chi connectivity index (χ3v) is 2.24. The number of nitrogens with one attached hydrogen (secondary N) is 1. The molecule has 1 aliphatic heterocycles. The topological polar surface area (TPSA) is 67.8 Å². The fourth-order valence-corrected chi connectivity index (χ4v) is 1.45. The average molecular weight is 223 g/mol. The van der Waals surface area contributed by atoms with Crippen LogP contribution in [0.3, 0.4) is 0 Å². The van der Waals surface area contributed by atoms with Crippen LogP contribution in [-0.2, 0) is 4.79 Å². The molecule has 5 nitrogen and oxygen atoms in total. The highest BCUT2D eigenvalue weighted by molar-refractivity contribution is 5.76. The molecule has 1 unspecified atom stereocenters. The van der Waals surface area contributed by atoms with Crippen LogP contribution in [0.15, 0.2) is 24.3 Å². The van der Waals surface area contributed by atoms with E-state index in [2.05, 4.69) is 5.32 Å². The van der Waals surface area contributed by atoms with Crippen molar-refractivity contribution in [2.45, 2.75) is 6.10 Å². The highest BCUT2D eigenvalue weighted by Gasteiger charge is 2.20. The summed E-state index contributed by atoms with van der Waals surface area (Å²) in [5.74, 6) is 0.978. The van der Waals surface area contributed by atoms with Crippen LogP contribution < -0.4 is 14.8 Å². The van der Waals surface area contributed by atoms with E-state index >= 15 is 0 Å². The number of aliphatic hydroxyl groups is 1. The van der Waals surface area contributed by atoms with Crippen LogP contribution >= 0.6 is 0 Å². The molecular formula is C11H13NO4. The lowest BCUT2D eigenvalue weighted by Gasteiger charge is -2.26. The Morgan fingerprint density at radius 1 is 1.44 bits per heavy atom. The lowest BCUT2D eigenvalue weighted by Crippen LogP contribution is -2.41. The average Bonchev–Trinajstić information content (AvgIpc) is 2.35. The van der Waals surface area contributed by atoms with Gasteiger partial charge in [0.15, 0.2) is 11.5 Å². The van der Waals surface area contributed by atoms with Crippen LogP contribution in [-0.4, -0.2) is 36.9 Å². The predicted octanol–water partition coefficient (Wildman–Crippen LogP) is -0.0651. The van der Waals surface area contributed by atoms with Crippen LogP contribution in [0.25, 0.3) is 0 Å². The maximum atomic E-state index is 10.8. The number of hydrogen-bond acceptors (Lipinski definition) is 4. The molecule has 1 aliphatic rings. The lowest BCUT2D eigenvalue weighted by molar-refractivity contribution is -0.124. The van der Waals surface area contributed by atoms with Crippen molar-refractivity contribution in [3.8, 4) is 11.5 Å². The molecule has 0 saturated carbocycles. The minimum absolute atomic E-state index is 0.217. The highest BCUT2D eigenvalue weighted by atomic mass is 16.6. The number of hydrogen-bond donors (Lipinski definition) is 2. The van der Waals surface area contributed by atoms with Crippen molar-refractivity contribution < 1.29 is 19.4 Å². The van der Waals surface area contributed by atoms with Crippen molar-refractivity contribution in [1.29, 1.82) is 0 Å². The van der Waals surface area contributed by atoms with Gasteiger partial charge in [0.25, 0.3) is 0 Å². The maximum Gasteiger partial charge on any atom is 0.245 e. The Hall–Kier alpha value is -1.75. The zero-order valence-electron chi connectivity index (χ0n) is 8.68. The highest BCUT2D eigenvalue weighted by Crippen LogP contribution is 2.30. The van der Waals surface area contributed by atoms with Gasteiger partial charge in [0.1, 0.15) is 19.3 Å². The second-order valence-electron chi connectivity index (χ2n) is 3.46. The van der Waals surface area contributed by atoms with Gasteiger partial charge in [0, 0.05) is 0 Å². The molecule has 2 rings (SSSR count). The second-order valence-corrected chi connectivity index (χ2v) is 3.46. The third kappa shape index (κ3) is 2.43. The van der Waals surface area contributed by atoms with Crippen LogP contribution in [0, 0.1) is 0 Å². The monoisotopic (exact) mass is 223 g/mol.